The highest BCUT2D eigenvalue weighted by molar-refractivity contribution is 6.26. The van der Waals surface area contributed by atoms with Crippen molar-refractivity contribution >= 4 is 17.4 Å². The summed E-state index contributed by atoms with van der Waals surface area (Å²) in [6, 6.07) is 0. The lowest BCUT2D eigenvalue weighted by Gasteiger charge is -2.37. The van der Waals surface area contributed by atoms with E-state index in [2.05, 4.69) is 13.8 Å². The topological polar surface area (TPSA) is 17.1 Å². The second kappa shape index (κ2) is 6.43. The third-order valence-corrected chi connectivity index (χ3v) is 5.78. The SMILES string of the molecule is CCCC(CC(C)C(=O)/C=C/Cl)C12CCC(CC1)C2. The highest BCUT2D eigenvalue weighted by atomic mass is 35.5. The second-order valence-electron chi connectivity index (χ2n) is 6.83. The number of fused-ring (bicyclic) bond motifs is 2. The van der Waals surface area contributed by atoms with Gasteiger partial charge in [-0.1, -0.05) is 38.3 Å². The van der Waals surface area contributed by atoms with Crippen LogP contribution in [0.3, 0.4) is 0 Å². The molecular formula is C17H27ClO. The summed E-state index contributed by atoms with van der Waals surface area (Å²) >= 11 is 5.53. The maximum Gasteiger partial charge on any atom is 0.159 e. The summed E-state index contributed by atoms with van der Waals surface area (Å²) < 4.78 is 0. The Labute approximate surface area is 122 Å². The van der Waals surface area contributed by atoms with Gasteiger partial charge in [0.05, 0.1) is 0 Å². The fraction of sp³-hybridized carbons (Fsp3) is 0.824. The van der Waals surface area contributed by atoms with Crippen LogP contribution in [0, 0.1) is 23.2 Å². The van der Waals surface area contributed by atoms with Crippen LogP contribution >= 0.6 is 11.6 Å². The van der Waals surface area contributed by atoms with Crippen molar-refractivity contribution in [1.82, 2.24) is 0 Å². The van der Waals surface area contributed by atoms with Crippen LogP contribution in [0.2, 0.25) is 0 Å². The Morgan fingerprint density at radius 3 is 2.58 bits per heavy atom. The van der Waals surface area contributed by atoms with Gasteiger partial charge >= 0.3 is 0 Å². The summed E-state index contributed by atoms with van der Waals surface area (Å²) in [6.07, 6.45) is 12.2. The second-order valence-corrected chi connectivity index (χ2v) is 7.08. The molecule has 0 amide bonds. The molecule has 0 aromatic carbocycles. The van der Waals surface area contributed by atoms with Gasteiger partial charge in [0.25, 0.3) is 0 Å². The number of allylic oxidation sites excluding steroid dienone is 1. The van der Waals surface area contributed by atoms with Crippen LogP contribution in [0.1, 0.15) is 65.2 Å². The first-order valence-electron chi connectivity index (χ1n) is 7.92. The van der Waals surface area contributed by atoms with Gasteiger partial charge < -0.3 is 0 Å². The molecule has 2 unspecified atom stereocenters. The molecule has 0 spiro atoms. The average molecular weight is 283 g/mol. The zero-order chi connectivity index (χ0) is 13.9. The van der Waals surface area contributed by atoms with Gasteiger partial charge in [-0.2, -0.15) is 0 Å². The van der Waals surface area contributed by atoms with E-state index in [0.717, 1.165) is 18.3 Å². The predicted octanol–water partition coefficient (Wildman–Crippen LogP) is 5.33. The summed E-state index contributed by atoms with van der Waals surface area (Å²) in [6.45, 7) is 4.34. The molecule has 2 aliphatic carbocycles. The van der Waals surface area contributed by atoms with E-state index in [0.29, 0.717) is 5.41 Å². The third kappa shape index (κ3) is 3.24. The van der Waals surface area contributed by atoms with Crippen LogP contribution in [0.5, 0.6) is 0 Å². The molecule has 2 heteroatoms. The van der Waals surface area contributed by atoms with Gasteiger partial charge in [-0.25, -0.2) is 0 Å². The van der Waals surface area contributed by atoms with E-state index >= 15 is 0 Å². The first-order valence-corrected chi connectivity index (χ1v) is 8.35. The molecule has 19 heavy (non-hydrogen) atoms. The number of hydrogen-bond acceptors (Lipinski definition) is 1. The van der Waals surface area contributed by atoms with Crippen LogP contribution in [0.4, 0.5) is 0 Å². The monoisotopic (exact) mass is 282 g/mol. The van der Waals surface area contributed by atoms with Crippen LogP contribution in [-0.2, 0) is 4.79 Å². The van der Waals surface area contributed by atoms with Gasteiger partial charge in [-0.3, -0.25) is 4.79 Å². The number of hydrogen-bond donors (Lipinski definition) is 0. The molecule has 0 aliphatic heterocycles. The lowest BCUT2D eigenvalue weighted by atomic mass is 9.67. The van der Waals surface area contributed by atoms with E-state index in [4.69, 9.17) is 11.6 Å². The van der Waals surface area contributed by atoms with Gasteiger partial charge in [0.2, 0.25) is 0 Å². The van der Waals surface area contributed by atoms with Crippen molar-refractivity contribution in [2.45, 2.75) is 65.2 Å². The van der Waals surface area contributed by atoms with Crippen molar-refractivity contribution in [3.05, 3.63) is 11.6 Å². The van der Waals surface area contributed by atoms with Crippen molar-refractivity contribution in [2.24, 2.45) is 23.2 Å². The number of carbonyl (C=O) groups is 1. The number of halogens is 1. The quantitative estimate of drug-likeness (QED) is 0.577. The van der Waals surface area contributed by atoms with Crippen LogP contribution in [0.15, 0.2) is 11.6 Å². The Kier molecular flexibility index (Phi) is 5.11. The lowest BCUT2D eigenvalue weighted by molar-refractivity contribution is -0.118. The lowest BCUT2D eigenvalue weighted by Crippen LogP contribution is -2.29. The van der Waals surface area contributed by atoms with Crippen molar-refractivity contribution < 1.29 is 4.79 Å². The smallest absolute Gasteiger partial charge is 0.159 e. The molecule has 2 saturated carbocycles. The van der Waals surface area contributed by atoms with E-state index in [1.807, 2.05) is 0 Å². The molecule has 1 nitrogen and oxygen atoms in total. The Hall–Kier alpha value is -0.300. The van der Waals surface area contributed by atoms with Crippen molar-refractivity contribution in [3.8, 4) is 0 Å². The van der Waals surface area contributed by atoms with E-state index < -0.39 is 0 Å². The Morgan fingerprint density at radius 2 is 2.11 bits per heavy atom. The van der Waals surface area contributed by atoms with Gasteiger partial charge in [-0.05, 0) is 61.9 Å². The first kappa shape index (κ1) is 15.1. The minimum Gasteiger partial charge on any atom is -0.295 e. The molecule has 108 valence electrons. The largest absolute Gasteiger partial charge is 0.295 e. The fourth-order valence-corrected chi connectivity index (χ4v) is 4.73. The molecule has 0 heterocycles. The summed E-state index contributed by atoms with van der Waals surface area (Å²) in [5.74, 6) is 2.06. The van der Waals surface area contributed by atoms with E-state index in [1.54, 1.807) is 0 Å². The maximum absolute atomic E-state index is 11.9. The number of rotatable bonds is 7. The molecule has 0 N–H and O–H groups in total. The van der Waals surface area contributed by atoms with Crippen molar-refractivity contribution in [1.29, 1.82) is 0 Å². The van der Waals surface area contributed by atoms with Gasteiger partial charge in [0.1, 0.15) is 0 Å². The Bertz CT molecular complexity index is 339. The van der Waals surface area contributed by atoms with E-state index in [9.17, 15) is 4.79 Å². The first-order chi connectivity index (χ1) is 9.11. The molecular weight excluding hydrogens is 256 g/mol. The third-order valence-electron chi connectivity index (χ3n) is 5.65. The molecule has 2 atom stereocenters. The predicted molar refractivity (Wildman–Crippen MR) is 81.2 cm³/mol. The van der Waals surface area contributed by atoms with E-state index in [1.165, 1.54) is 56.6 Å². The van der Waals surface area contributed by atoms with Crippen LogP contribution in [-0.4, -0.2) is 5.78 Å². The Morgan fingerprint density at radius 1 is 1.42 bits per heavy atom. The van der Waals surface area contributed by atoms with Gasteiger partial charge in [-0.15, -0.1) is 0 Å². The molecule has 2 aliphatic rings. The summed E-state index contributed by atoms with van der Waals surface area (Å²) in [7, 11) is 0. The zero-order valence-corrected chi connectivity index (χ0v) is 13.1. The van der Waals surface area contributed by atoms with Crippen LogP contribution < -0.4 is 0 Å². The van der Waals surface area contributed by atoms with Gasteiger partial charge in [0.15, 0.2) is 5.78 Å². The molecule has 0 radical (unpaired) electrons. The molecule has 2 bridgehead atoms. The normalized spacial score (nSPS) is 32.9. The minimum atomic E-state index is 0.126. The average Bonchev–Trinajstić information content (AvgIpc) is 3.00. The number of carbonyl (C=O) groups excluding carboxylic acids is 1. The molecule has 2 rings (SSSR count). The molecule has 0 saturated heterocycles. The number of ketones is 1. The summed E-state index contributed by atoms with van der Waals surface area (Å²) in [5.41, 5.74) is 1.94. The van der Waals surface area contributed by atoms with Crippen molar-refractivity contribution in [2.75, 3.05) is 0 Å². The summed E-state index contributed by atoms with van der Waals surface area (Å²) in [5, 5.41) is 0. The Balaban J connectivity index is 2.02. The molecule has 2 fully saturated rings. The van der Waals surface area contributed by atoms with Gasteiger partial charge in [0, 0.05) is 11.5 Å². The van der Waals surface area contributed by atoms with E-state index in [-0.39, 0.29) is 11.7 Å². The van der Waals surface area contributed by atoms with Crippen LogP contribution in [0.25, 0.3) is 0 Å². The summed E-state index contributed by atoms with van der Waals surface area (Å²) in [4.78, 5) is 11.9. The minimum absolute atomic E-state index is 0.126. The maximum atomic E-state index is 11.9. The highest BCUT2D eigenvalue weighted by Gasteiger charge is 2.49. The standard InChI is InChI=1S/C17H27ClO/c1-3-4-15(11-13(2)16(19)7-10-18)17-8-5-14(12-17)6-9-17/h7,10,13-15H,3-6,8-9,11-12H2,1-2H3/b10-7+. The molecule has 0 aromatic heterocycles. The fourth-order valence-electron chi connectivity index (χ4n) is 4.60. The zero-order valence-electron chi connectivity index (χ0n) is 12.3. The highest BCUT2D eigenvalue weighted by Crippen LogP contribution is 2.60. The molecule has 0 aromatic rings. The van der Waals surface area contributed by atoms with Crippen molar-refractivity contribution in [3.63, 3.8) is 0 Å².